The Labute approximate surface area is 140 Å². The van der Waals surface area contributed by atoms with Gasteiger partial charge in [-0.1, -0.05) is 6.92 Å². The van der Waals surface area contributed by atoms with Crippen LogP contribution in [0.1, 0.15) is 40.9 Å². The molecule has 0 amide bonds. The van der Waals surface area contributed by atoms with Crippen LogP contribution in [0.2, 0.25) is 0 Å². The summed E-state index contributed by atoms with van der Waals surface area (Å²) in [5, 5.41) is 12.1. The first-order valence-electron chi connectivity index (χ1n) is 7.57. The van der Waals surface area contributed by atoms with Crippen LogP contribution < -0.4 is 10.6 Å². The van der Waals surface area contributed by atoms with Crippen molar-refractivity contribution in [3.63, 3.8) is 0 Å². The highest BCUT2D eigenvalue weighted by molar-refractivity contribution is 7.11. The third kappa shape index (κ3) is 4.81. The van der Waals surface area contributed by atoms with Gasteiger partial charge in [0.05, 0.1) is 12.2 Å². The molecule has 120 valence electrons. The van der Waals surface area contributed by atoms with Crippen LogP contribution in [0.25, 0.3) is 0 Å². The van der Waals surface area contributed by atoms with Crippen molar-refractivity contribution in [1.82, 2.24) is 15.6 Å². The van der Waals surface area contributed by atoms with Crippen molar-refractivity contribution in [2.24, 2.45) is 4.99 Å². The van der Waals surface area contributed by atoms with E-state index in [2.05, 4.69) is 58.2 Å². The van der Waals surface area contributed by atoms with Crippen LogP contribution in [0.15, 0.2) is 21.8 Å². The van der Waals surface area contributed by atoms with Gasteiger partial charge < -0.3 is 10.6 Å². The maximum absolute atomic E-state index is 4.64. The van der Waals surface area contributed by atoms with Crippen LogP contribution in [0.5, 0.6) is 0 Å². The zero-order valence-corrected chi connectivity index (χ0v) is 15.3. The van der Waals surface area contributed by atoms with Gasteiger partial charge in [-0.15, -0.1) is 11.3 Å². The van der Waals surface area contributed by atoms with Crippen molar-refractivity contribution in [2.75, 3.05) is 13.1 Å². The Balaban J connectivity index is 1.92. The zero-order chi connectivity index (χ0) is 15.9. The first-order chi connectivity index (χ1) is 10.6. The van der Waals surface area contributed by atoms with Gasteiger partial charge in [-0.05, 0) is 49.1 Å². The lowest BCUT2D eigenvalue weighted by Gasteiger charge is -2.15. The number of aryl methyl sites for hydroxylation is 2. The number of hydrogen-bond donors (Lipinski definition) is 2. The Hall–Kier alpha value is -1.40. The van der Waals surface area contributed by atoms with Crippen LogP contribution in [0.3, 0.4) is 0 Å². The van der Waals surface area contributed by atoms with Crippen LogP contribution in [-0.4, -0.2) is 24.0 Å². The summed E-state index contributed by atoms with van der Waals surface area (Å²) in [6.07, 6.45) is 0. The molecule has 1 unspecified atom stereocenters. The molecule has 22 heavy (non-hydrogen) atoms. The molecule has 4 nitrogen and oxygen atoms in total. The second kappa shape index (κ2) is 8.29. The molecule has 2 heterocycles. The van der Waals surface area contributed by atoms with E-state index in [1.807, 2.05) is 6.92 Å². The number of aliphatic imine (C=N–C) groups is 1. The van der Waals surface area contributed by atoms with E-state index in [1.165, 1.54) is 10.4 Å². The van der Waals surface area contributed by atoms with Gasteiger partial charge in [0, 0.05) is 18.0 Å². The normalized spacial score (nSPS) is 13.2. The van der Waals surface area contributed by atoms with Crippen LogP contribution in [0.4, 0.5) is 0 Å². The molecule has 0 fully saturated rings. The summed E-state index contributed by atoms with van der Waals surface area (Å²) in [7, 11) is 0. The van der Waals surface area contributed by atoms with E-state index >= 15 is 0 Å². The van der Waals surface area contributed by atoms with E-state index in [4.69, 9.17) is 0 Å². The van der Waals surface area contributed by atoms with E-state index in [1.54, 1.807) is 22.7 Å². The maximum Gasteiger partial charge on any atom is 0.191 e. The highest BCUT2D eigenvalue weighted by Crippen LogP contribution is 2.18. The molecule has 0 aliphatic rings. The lowest BCUT2D eigenvalue weighted by molar-refractivity contribution is 0.701. The van der Waals surface area contributed by atoms with Gasteiger partial charge in [-0.3, -0.25) is 0 Å². The second-order valence-corrected chi connectivity index (χ2v) is 7.35. The molecule has 0 aliphatic heterocycles. The molecule has 2 rings (SSSR count). The molecule has 6 heteroatoms. The van der Waals surface area contributed by atoms with Crippen molar-refractivity contribution in [3.05, 3.63) is 38.0 Å². The monoisotopic (exact) mass is 336 g/mol. The third-order valence-electron chi connectivity index (χ3n) is 3.48. The van der Waals surface area contributed by atoms with Crippen LogP contribution in [-0.2, 0) is 6.54 Å². The lowest BCUT2D eigenvalue weighted by atomic mass is 10.1. The Bertz CT molecular complexity index is 582. The number of nitrogens with one attached hydrogen (secondary N) is 2. The summed E-state index contributed by atoms with van der Waals surface area (Å²) in [6, 6.07) is 2.18. The molecule has 1 atom stereocenters. The molecule has 0 saturated heterocycles. The summed E-state index contributed by atoms with van der Waals surface area (Å²) in [5.74, 6) is 1.33. The minimum Gasteiger partial charge on any atom is -0.357 e. The Morgan fingerprint density at radius 2 is 2.18 bits per heavy atom. The first-order valence-corrected chi connectivity index (χ1v) is 9.33. The third-order valence-corrected chi connectivity index (χ3v) is 5.24. The molecule has 2 N–H and O–H groups in total. The molecule has 0 aromatic carbocycles. The molecular weight excluding hydrogens is 312 g/mol. The second-order valence-electron chi connectivity index (χ2n) is 5.28. The lowest BCUT2D eigenvalue weighted by Crippen LogP contribution is -2.39. The number of nitrogens with zero attached hydrogens (tertiary/aromatic N) is 2. The first kappa shape index (κ1) is 17.0. The average Bonchev–Trinajstić information content (AvgIpc) is 3.12. The van der Waals surface area contributed by atoms with Gasteiger partial charge in [0.1, 0.15) is 5.01 Å². The SMILES string of the molecule is CCNC(=NCc1nc(C)c(C)s1)NCC(C)c1ccsc1. The Kier molecular flexibility index (Phi) is 6.39. The highest BCUT2D eigenvalue weighted by Gasteiger charge is 2.08. The van der Waals surface area contributed by atoms with Gasteiger partial charge in [-0.25, -0.2) is 9.98 Å². The fourth-order valence-corrected chi connectivity index (χ4v) is 3.66. The van der Waals surface area contributed by atoms with E-state index in [0.29, 0.717) is 12.5 Å². The van der Waals surface area contributed by atoms with Gasteiger partial charge >= 0.3 is 0 Å². The van der Waals surface area contributed by atoms with E-state index in [0.717, 1.165) is 29.8 Å². The molecule has 2 aromatic rings. The van der Waals surface area contributed by atoms with Gasteiger partial charge in [0.25, 0.3) is 0 Å². The molecule has 0 radical (unpaired) electrons. The average molecular weight is 337 g/mol. The molecule has 2 aromatic heterocycles. The largest absolute Gasteiger partial charge is 0.357 e. The van der Waals surface area contributed by atoms with Gasteiger partial charge in [-0.2, -0.15) is 11.3 Å². The minimum atomic E-state index is 0.472. The number of hydrogen-bond acceptors (Lipinski definition) is 4. The standard InChI is InChI=1S/C16H24N4S2/c1-5-17-16(18-8-11(2)14-6-7-21-10-14)19-9-15-20-12(3)13(4)22-15/h6-7,10-11H,5,8-9H2,1-4H3,(H2,17,18,19). The fourth-order valence-electron chi connectivity index (χ4n) is 2.02. The topological polar surface area (TPSA) is 49.3 Å². The summed E-state index contributed by atoms with van der Waals surface area (Å²) >= 11 is 3.47. The fraction of sp³-hybridized carbons (Fsp3) is 0.500. The van der Waals surface area contributed by atoms with E-state index < -0.39 is 0 Å². The number of thiophene rings is 1. The number of rotatable bonds is 6. The summed E-state index contributed by atoms with van der Waals surface area (Å²) in [5.41, 5.74) is 2.48. The maximum atomic E-state index is 4.64. The smallest absolute Gasteiger partial charge is 0.191 e. The van der Waals surface area contributed by atoms with Crippen molar-refractivity contribution >= 4 is 28.6 Å². The molecule has 0 saturated carbocycles. The summed E-state index contributed by atoms with van der Waals surface area (Å²) in [4.78, 5) is 10.4. The van der Waals surface area contributed by atoms with Crippen LogP contribution >= 0.6 is 22.7 Å². The number of guanidine groups is 1. The molecular formula is C16H24N4S2. The number of aromatic nitrogens is 1. The Morgan fingerprint density at radius 3 is 2.77 bits per heavy atom. The molecule has 0 bridgehead atoms. The highest BCUT2D eigenvalue weighted by atomic mass is 32.1. The Morgan fingerprint density at radius 1 is 1.36 bits per heavy atom. The summed E-state index contributed by atoms with van der Waals surface area (Å²) < 4.78 is 0. The predicted octanol–water partition coefficient (Wildman–Crippen LogP) is 3.68. The van der Waals surface area contributed by atoms with Crippen molar-refractivity contribution in [1.29, 1.82) is 0 Å². The van der Waals surface area contributed by atoms with Crippen molar-refractivity contribution in [3.8, 4) is 0 Å². The molecule has 0 spiro atoms. The zero-order valence-electron chi connectivity index (χ0n) is 13.6. The molecule has 0 aliphatic carbocycles. The van der Waals surface area contributed by atoms with E-state index in [9.17, 15) is 0 Å². The minimum absolute atomic E-state index is 0.472. The van der Waals surface area contributed by atoms with Gasteiger partial charge in [0.2, 0.25) is 0 Å². The van der Waals surface area contributed by atoms with Crippen molar-refractivity contribution in [2.45, 2.75) is 40.2 Å². The van der Waals surface area contributed by atoms with E-state index in [-0.39, 0.29) is 0 Å². The quantitative estimate of drug-likeness (QED) is 0.625. The number of thiazole rings is 1. The predicted molar refractivity (Wildman–Crippen MR) is 97.1 cm³/mol. The van der Waals surface area contributed by atoms with Crippen LogP contribution in [0, 0.1) is 13.8 Å². The summed E-state index contributed by atoms with van der Waals surface area (Å²) in [6.45, 7) is 10.8. The van der Waals surface area contributed by atoms with Crippen molar-refractivity contribution < 1.29 is 0 Å². The van der Waals surface area contributed by atoms with Gasteiger partial charge in [0.15, 0.2) is 5.96 Å².